The molecular formula is C16H22N2O. The zero-order valence-electron chi connectivity index (χ0n) is 11.7. The van der Waals surface area contributed by atoms with Gasteiger partial charge in [0.15, 0.2) is 0 Å². The molecule has 0 aliphatic heterocycles. The number of nitrogens with zero attached hydrogens (tertiary/aromatic N) is 1. The van der Waals surface area contributed by atoms with Crippen LogP contribution in [0.5, 0.6) is 5.75 Å². The topological polar surface area (TPSA) is 40.2 Å². The summed E-state index contributed by atoms with van der Waals surface area (Å²) in [7, 11) is 3.80. The van der Waals surface area contributed by atoms with Gasteiger partial charge in [0.25, 0.3) is 0 Å². The van der Waals surface area contributed by atoms with Gasteiger partial charge in [-0.3, -0.25) is 0 Å². The summed E-state index contributed by atoms with van der Waals surface area (Å²) in [4.78, 5) is 0. The van der Waals surface area contributed by atoms with Gasteiger partial charge in [-0.2, -0.15) is 0 Å². The Morgan fingerprint density at radius 1 is 1.32 bits per heavy atom. The fourth-order valence-corrected chi connectivity index (χ4v) is 3.44. The lowest BCUT2D eigenvalue weighted by atomic mass is 9.92. The molecule has 3 heteroatoms. The van der Waals surface area contributed by atoms with Crippen LogP contribution >= 0.6 is 0 Å². The van der Waals surface area contributed by atoms with Gasteiger partial charge in [0.2, 0.25) is 0 Å². The SMILES string of the molecule is COc1cccc2c1c(C(N)C1CCCC1)cn2C. The van der Waals surface area contributed by atoms with Gasteiger partial charge < -0.3 is 15.0 Å². The van der Waals surface area contributed by atoms with Crippen molar-refractivity contribution in [3.05, 3.63) is 30.0 Å². The Labute approximate surface area is 114 Å². The Kier molecular flexibility index (Phi) is 3.23. The molecule has 1 unspecified atom stereocenters. The van der Waals surface area contributed by atoms with Crippen molar-refractivity contribution in [3.63, 3.8) is 0 Å². The second-order valence-corrected chi connectivity index (χ2v) is 5.62. The van der Waals surface area contributed by atoms with Crippen LogP contribution in [0.4, 0.5) is 0 Å². The Hall–Kier alpha value is -1.48. The molecule has 1 aliphatic carbocycles. The van der Waals surface area contributed by atoms with Gasteiger partial charge in [-0.05, 0) is 36.5 Å². The quantitative estimate of drug-likeness (QED) is 0.916. The average molecular weight is 258 g/mol. The summed E-state index contributed by atoms with van der Waals surface area (Å²) in [6.45, 7) is 0. The number of benzene rings is 1. The van der Waals surface area contributed by atoms with Crippen LogP contribution in [0.3, 0.4) is 0 Å². The van der Waals surface area contributed by atoms with Crippen molar-refractivity contribution in [3.8, 4) is 5.75 Å². The van der Waals surface area contributed by atoms with Crippen molar-refractivity contribution >= 4 is 10.9 Å². The molecule has 19 heavy (non-hydrogen) atoms. The van der Waals surface area contributed by atoms with Crippen molar-refractivity contribution in [2.75, 3.05) is 7.11 Å². The highest BCUT2D eigenvalue weighted by Gasteiger charge is 2.26. The number of hydrogen-bond acceptors (Lipinski definition) is 2. The fourth-order valence-electron chi connectivity index (χ4n) is 3.44. The summed E-state index contributed by atoms with van der Waals surface area (Å²) in [6.07, 6.45) is 7.33. The molecule has 3 nitrogen and oxygen atoms in total. The number of nitrogens with two attached hydrogens (primary N) is 1. The van der Waals surface area contributed by atoms with Crippen LogP contribution in [-0.4, -0.2) is 11.7 Å². The van der Waals surface area contributed by atoms with E-state index in [0.717, 1.165) is 5.75 Å². The first kappa shape index (κ1) is 12.5. The molecule has 3 rings (SSSR count). The molecule has 1 saturated carbocycles. The summed E-state index contributed by atoms with van der Waals surface area (Å²) < 4.78 is 7.68. The second-order valence-electron chi connectivity index (χ2n) is 5.62. The normalized spacial score (nSPS) is 18.1. The number of aromatic nitrogens is 1. The number of rotatable bonds is 3. The predicted molar refractivity (Wildman–Crippen MR) is 78.4 cm³/mol. The van der Waals surface area contributed by atoms with E-state index in [1.54, 1.807) is 7.11 Å². The third-order valence-corrected chi connectivity index (χ3v) is 4.49. The maximum Gasteiger partial charge on any atom is 0.128 e. The molecule has 102 valence electrons. The number of methoxy groups -OCH3 is 1. The molecule has 1 aromatic heterocycles. The van der Waals surface area contributed by atoms with Crippen LogP contribution < -0.4 is 10.5 Å². The molecule has 0 spiro atoms. The van der Waals surface area contributed by atoms with Crippen molar-refractivity contribution in [2.24, 2.45) is 18.7 Å². The summed E-state index contributed by atoms with van der Waals surface area (Å²) in [5.74, 6) is 1.55. The molecule has 0 bridgehead atoms. The van der Waals surface area contributed by atoms with E-state index in [4.69, 9.17) is 10.5 Å². The van der Waals surface area contributed by atoms with Gasteiger partial charge >= 0.3 is 0 Å². The highest BCUT2D eigenvalue weighted by atomic mass is 16.5. The Morgan fingerprint density at radius 3 is 2.74 bits per heavy atom. The Balaban J connectivity index is 2.12. The number of fused-ring (bicyclic) bond motifs is 1. The zero-order valence-corrected chi connectivity index (χ0v) is 11.7. The van der Waals surface area contributed by atoms with Gasteiger partial charge in [-0.15, -0.1) is 0 Å². The van der Waals surface area contributed by atoms with Gasteiger partial charge in [0.1, 0.15) is 5.75 Å². The third-order valence-electron chi connectivity index (χ3n) is 4.49. The van der Waals surface area contributed by atoms with Crippen molar-refractivity contribution in [1.29, 1.82) is 0 Å². The van der Waals surface area contributed by atoms with E-state index >= 15 is 0 Å². The Morgan fingerprint density at radius 2 is 2.05 bits per heavy atom. The van der Waals surface area contributed by atoms with Crippen LogP contribution in [0.1, 0.15) is 37.3 Å². The van der Waals surface area contributed by atoms with E-state index in [1.165, 1.54) is 42.1 Å². The van der Waals surface area contributed by atoms with Crippen molar-refractivity contribution in [1.82, 2.24) is 4.57 Å². The van der Waals surface area contributed by atoms with Crippen LogP contribution in [0.25, 0.3) is 10.9 Å². The predicted octanol–water partition coefficient (Wildman–Crippen LogP) is 3.38. The Bertz CT molecular complexity index is 582. The summed E-state index contributed by atoms with van der Waals surface area (Å²) in [6, 6.07) is 6.31. The molecule has 0 saturated heterocycles. The molecule has 1 fully saturated rings. The monoisotopic (exact) mass is 258 g/mol. The van der Waals surface area contributed by atoms with E-state index in [0.29, 0.717) is 5.92 Å². The van der Waals surface area contributed by atoms with Crippen LogP contribution in [0, 0.1) is 5.92 Å². The molecule has 1 atom stereocenters. The fraction of sp³-hybridized carbons (Fsp3) is 0.500. The van der Waals surface area contributed by atoms with E-state index in [1.807, 2.05) is 12.1 Å². The highest BCUT2D eigenvalue weighted by molar-refractivity contribution is 5.90. The molecule has 1 aliphatic rings. The summed E-state index contributed by atoms with van der Waals surface area (Å²) in [5, 5.41) is 1.19. The largest absolute Gasteiger partial charge is 0.496 e. The first-order chi connectivity index (χ1) is 9.22. The van der Waals surface area contributed by atoms with E-state index in [9.17, 15) is 0 Å². The maximum atomic E-state index is 6.53. The van der Waals surface area contributed by atoms with Crippen molar-refractivity contribution in [2.45, 2.75) is 31.7 Å². The summed E-state index contributed by atoms with van der Waals surface area (Å²) in [5.41, 5.74) is 8.97. The highest BCUT2D eigenvalue weighted by Crippen LogP contribution is 2.39. The van der Waals surface area contributed by atoms with Gasteiger partial charge in [0.05, 0.1) is 12.6 Å². The lowest BCUT2D eigenvalue weighted by molar-refractivity contribution is 0.417. The van der Waals surface area contributed by atoms with Crippen molar-refractivity contribution < 1.29 is 4.74 Å². The molecule has 2 N–H and O–H groups in total. The van der Waals surface area contributed by atoms with Gasteiger partial charge in [-0.1, -0.05) is 18.9 Å². The van der Waals surface area contributed by atoms with Crippen LogP contribution in [0.2, 0.25) is 0 Å². The number of hydrogen-bond donors (Lipinski definition) is 1. The van der Waals surface area contributed by atoms with Gasteiger partial charge in [0, 0.05) is 24.7 Å². The molecular weight excluding hydrogens is 236 g/mol. The second kappa shape index (κ2) is 4.89. The molecule has 1 aromatic carbocycles. The number of aryl methyl sites for hydroxylation is 1. The molecule has 2 aromatic rings. The molecule has 1 heterocycles. The minimum atomic E-state index is 0.127. The third kappa shape index (κ3) is 2.02. The smallest absolute Gasteiger partial charge is 0.128 e. The average Bonchev–Trinajstić information content (AvgIpc) is 3.06. The van der Waals surface area contributed by atoms with E-state index in [2.05, 4.69) is 23.9 Å². The lowest BCUT2D eigenvalue weighted by Gasteiger charge is -2.19. The molecule has 0 radical (unpaired) electrons. The van der Waals surface area contributed by atoms with Crippen LogP contribution in [0.15, 0.2) is 24.4 Å². The minimum Gasteiger partial charge on any atom is -0.496 e. The molecule has 0 amide bonds. The zero-order chi connectivity index (χ0) is 13.4. The maximum absolute atomic E-state index is 6.53. The first-order valence-corrected chi connectivity index (χ1v) is 7.10. The minimum absolute atomic E-state index is 0.127. The first-order valence-electron chi connectivity index (χ1n) is 7.10. The summed E-state index contributed by atoms with van der Waals surface area (Å²) >= 11 is 0. The van der Waals surface area contributed by atoms with E-state index < -0.39 is 0 Å². The van der Waals surface area contributed by atoms with Crippen LogP contribution in [-0.2, 0) is 7.05 Å². The standard InChI is InChI=1S/C16H22N2O/c1-18-10-12(16(17)11-6-3-4-7-11)15-13(18)8-5-9-14(15)19-2/h5,8-11,16H,3-4,6-7,17H2,1-2H3. The van der Waals surface area contributed by atoms with Gasteiger partial charge in [-0.25, -0.2) is 0 Å². The number of ether oxygens (including phenoxy) is 1. The lowest BCUT2D eigenvalue weighted by Crippen LogP contribution is -2.18. The van der Waals surface area contributed by atoms with E-state index in [-0.39, 0.29) is 6.04 Å².